The zero-order chi connectivity index (χ0) is 8.60. The maximum absolute atomic E-state index is 3.94. The van der Waals surface area contributed by atoms with Crippen LogP contribution >= 0.6 is 15.9 Å². The van der Waals surface area contributed by atoms with Crippen LogP contribution in [0.3, 0.4) is 0 Å². The van der Waals surface area contributed by atoms with Crippen LogP contribution in [0.25, 0.3) is 0 Å². The van der Waals surface area contributed by atoms with Crippen molar-refractivity contribution in [3.05, 3.63) is 12.7 Å². The average Bonchev–Trinajstić information content (AvgIpc) is 2.57. The van der Waals surface area contributed by atoms with E-state index in [4.69, 9.17) is 0 Å². The summed E-state index contributed by atoms with van der Waals surface area (Å²) in [4.78, 5) is 0. The van der Waals surface area contributed by atoms with Crippen molar-refractivity contribution < 1.29 is 0 Å². The van der Waals surface area contributed by atoms with Gasteiger partial charge in [0.1, 0.15) is 0 Å². The molecule has 0 amide bonds. The highest BCUT2D eigenvalue weighted by Crippen LogP contribution is 2.61. The Bertz CT molecular complexity index is 181. The Kier molecular flexibility index (Phi) is 2.33. The quantitative estimate of drug-likeness (QED) is 0.508. The molecule has 2 unspecified atom stereocenters. The lowest BCUT2D eigenvalue weighted by atomic mass is 9.99. The molecule has 0 N–H and O–H groups in total. The molecular weight excluding hydrogens is 212 g/mol. The molecule has 0 heterocycles. The van der Waals surface area contributed by atoms with Crippen LogP contribution in [0.4, 0.5) is 0 Å². The first-order chi connectivity index (χ1) is 5.77. The molecule has 0 aromatic rings. The SMILES string of the molecule is C=CCC1CC1(Br)C1CCCC1. The highest BCUT2D eigenvalue weighted by atomic mass is 79.9. The molecule has 2 rings (SSSR count). The molecule has 0 aliphatic heterocycles. The average molecular weight is 229 g/mol. The van der Waals surface area contributed by atoms with Crippen molar-refractivity contribution in [2.45, 2.75) is 42.8 Å². The highest BCUT2D eigenvalue weighted by molar-refractivity contribution is 9.10. The molecule has 0 aromatic heterocycles. The van der Waals surface area contributed by atoms with Gasteiger partial charge in [0.15, 0.2) is 0 Å². The van der Waals surface area contributed by atoms with E-state index >= 15 is 0 Å². The zero-order valence-electron chi connectivity index (χ0n) is 7.56. The second-order valence-electron chi connectivity index (χ2n) is 4.33. The molecule has 2 fully saturated rings. The van der Waals surface area contributed by atoms with Crippen molar-refractivity contribution in [1.29, 1.82) is 0 Å². The Morgan fingerprint density at radius 2 is 2.08 bits per heavy atom. The van der Waals surface area contributed by atoms with Crippen molar-refractivity contribution in [2.75, 3.05) is 0 Å². The number of halogens is 1. The molecule has 2 atom stereocenters. The predicted octanol–water partition coefficient (Wildman–Crippen LogP) is 3.91. The topological polar surface area (TPSA) is 0 Å². The Morgan fingerprint density at radius 1 is 1.42 bits per heavy atom. The number of hydrogen-bond acceptors (Lipinski definition) is 0. The molecule has 2 aliphatic rings. The Morgan fingerprint density at radius 3 is 2.67 bits per heavy atom. The second kappa shape index (κ2) is 3.17. The van der Waals surface area contributed by atoms with Gasteiger partial charge in [0.25, 0.3) is 0 Å². The maximum atomic E-state index is 3.94. The first kappa shape index (κ1) is 8.80. The molecule has 0 radical (unpaired) electrons. The number of rotatable bonds is 3. The molecule has 1 heteroatoms. The summed E-state index contributed by atoms with van der Waals surface area (Å²) in [5.41, 5.74) is 0. The van der Waals surface area contributed by atoms with Gasteiger partial charge in [-0.05, 0) is 37.5 Å². The molecule has 0 aromatic carbocycles. The summed E-state index contributed by atoms with van der Waals surface area (Å²) in [6.45, 7) is 3.81. The minimum atomic E-state index is 0.539. The normalized spacial score (nSPS) is 41.6. The highest BCUT2D eigenvalue weighted by Gasteiger charge is 2.56. The van der Waals surface area contributed by atoms with Crippen LogP contribution in [0.15, 0.2) is 12.7 Å². The third-order valence-corrected chi connectivity index (χ3v) is 5.18. The third kappa shape index (κ3) is 1.37. The molecule has 2 aliphatic carbocycles. The fourth-order valence-corrected chi connectivity index (χ4v) is 3.74. The molecular formula is C11H17Br. The van der Waals surface area contributed by atoms with Gasteiger partial charge in [-0.3, -0.25) is 0 Å². The fourth-order valence-electron chi connectivity index (χ4n) is 2.70. The summed E-state index contributed by atoms with van der Waals surface area (Å²) in [6.07, 6.45) is 10.5. The lowest BCUT2D eigenvalue weighted by Crippen LogP contribution is -2.14. The van der Waals surface area contributed by atoms with Gasteiger partial charge in [-0.25, -0.2) is 0 Å². The van der Waals surface area contributed by atoms with Crippen LogP contribution in [0.5, 0.6) is 0 Å². The number of allylic oxidation sites excluding steroid dienone is 1. The summed E-state index contributed by atoms with van der Waals surface area (Å²) in [5.74, 6) is 1.88. The Labute approximate surface area is 83.6 Å². The van der Waals surface area contributed by atoms with Crippen LogP contribution < -0.4 is 0 Å². The van der Waals surface area contributed by atoms with E-state index in [1.165, 1.54) is 38.5 Å². The van der Waals surface area contributed by atoms with E-state index in [1.54, 1.807) is 0 Å². The Balaban J connectivity index is 1.91. The second-order valence-corrected chi connectivity index (χ2v) is 5.81. The van der Waals surface area contributed by atoms with Crippen LogP contribution in [0.2, 0.25) is 0 Å². The smallest absolute Gasteiger partial charge is 0.0321 e. The largest absolute Gasteiger partial charge is 0.103 e. The van der Waals surface area contributed by atoms with Crippen molar-refractivity contribution >= 4 is 15.9 Å². The molecule has 0 nitrogen and oxygen atoms in total. The number of hydrogen-bond donors (Lipinski definition) is 0. The number of alkyl halides is 1. The molecule has 68 valence electrons. The summed E-state index contributed by atoms with van der Waals surface area (Å²) in [7, 11) is 0. The van der Waals surface area contributed by atoms with E-state index in [1.807, 2.05) is 0 Å². The van der Waals surface area contributed by atoms with Gasteiger partial charge >= 0.3 is 0 Å². The molecule has 0 saturated heterocycles. The van der Waals surface area contributed by atoms with Crippen LogP contribution in [-0.4, -0.2) is 4.32 Å². The van der Waals surface area contributed by atoms with E-state index in [-0.39, 0.29) is 0 Å². The van der Waals surface area contributed by atoms with E-state index in [9.17, 15) is 0 Å². The van der Waals surface area contributed by atoms with Crippen molar-refractivity contribution in [3.63, 3.8) is 0 Å². The predicted molar refractivity (Wildman–Crippen MR) is 56.5 cm³/mol. The fraction of sp³-hybridized carbons (Fsp3) is 0.818. The molecule has 0 spiro atoms. The van der Waals surface area contributed by atoms with Crippen molar-refractivity contribution in [3.8, 4) is 0 Å². The van der Waals surface area contributed by atoms with Gasteiger partial charge in [0.05, 0.1) is 0 Å². The first-order valence-corrected chi connectivity index (χ1v) is 5.86. The van der Waals surface area contributed by atoms with E-state index in [0.29, 0.717) is 4.32 Å². The first-order valence-electron chi connectivity index (χ1n) is 5.07. The minimum absolute atomic E-state index is 0.539. The van der Waals surface area contributed by atoms with Gasteiger partial charge in [-0.1, -0.05) is 34.8 Å². The summed E-state index contributed by atoms with van der Waals surface area (Å²) < 4.78 is 0.539. The van der Waals surface area contributed by atoms with Crippen LogP contribution in [-0.2, 0) is 0 Å². The van der Waals surface area contributed by atoms with Gasteiger partial charge in [-0.2, -0.15) is 0 Å². The zero-order valence-corrected chi connectivity index (χ0v) is 9.15. The van der Waals surface area contributed by atoms with Crippen molar-refractivity contribution in [2.24, 2.45) is 11.8 Å². The minimum Gasteiger partial charge on any atom is -0.103 e. The van der Waals surface area contributed by atoms with Gasteiger partial charge in [0.2, 0.25) is 0 Å². The van der Waals surface area contributed by atoms with E-state index < -0.39 is 0 Å². The summed E-state index contributed by atoms with van der Waals surface area (Å²) in [5, 5.41) is 0. The molecule has 0 bridgehead atoms. The molecule has 2 saturated carbocycles. The maximum Gasteiger partial charge on any atom is 0.0321 e. The van der Waals surface area contributed by atoms with Gasteiger partial charge < -0.3 is 0 Å². The standard InChI is InChI=1S/C11H17Br/c1-2-5-10-8-11(10,12)9-6-3-4-7-9/h2,9-10H,1,3-8H2. The Hall–Kier alpha value is 0.220. The van der Waals surface area contributed by atoms with Crippen molar-refractivity contribution in [1.82, 2.24) is 0 Å². The van der Waals surface area contributed by atoms with E-state index in [2.05, 4.69) is 28.6 Å². The van der Waals surface area contributed by atoms with E-state index in [0.717, 1.165) is 11.8 Å². The van der Waals surface area contributed by atoms with Gasteiger partial charge in [-0.15, -0.1) is 6.58 Å². The third-order valence-electron chi connectivity index (χ3n) is 3.56. The monoisotopic (exact) mass is 228 g/mol. The lowest BCUT2D eigenvalue weighted by molar-refractivity contribution is 0.491. The molecule has 12 heavy (non-hydrogen) atoms. The summed E-state index contributed by atoms with van der Waals surface area (Å²) in [6, 6.07) is 0. The summed E-state index contributed by atoms with van der Waals surface area (Å²) >= 11 is 3.94. The van der Waals surface area contributed by atoms with Gasteiger partial charge in [0, 0.05) is 4.32 Å². The van der Waals surface area contributed by atoms with Crippen LogP contribution in [0.1, 0.15) is 38.5 Å². The lowest BCUT2D eigenvalue weighted by Gasteiger charge is -2.16. The van der Waals surface area contributed by atoms with Crippen LogP contribution in [0, 0.1) is 11.8 Å².